The molecule has 0 fully saturated rings. The van der Waals surface area contributed by atoms with Crippen LogP contribution in [0.25, 0.3) is 0 Å². The van der Waals surface area contributed by atoms with Gasteiger partial charge in [-0.2, -0.15) is 0 Å². The summed E-state index contributed by atoms with van der Waals surface area (Å²) in [4.78, 5) is 21.4. The molecule has 1 atom stereocenters. The summed E-state index contributed by atoms with van der Waals surface area (Å²) in [6, 6.07) is 0. The van der Waals surface area contributed by atoms with E-state index in [9.17, 15) is 9.59 Å². The van der Waals surface area contributed by atoms with Crippen molar-refractivity contribution >= 4 is 11.8 Å². The average Bonchev–Trinajstić information content (AvgIpc) is 2.39. The molecule has 1 N–H and O–H groups in total. The maximum atomic E-state index is 11.0. The highest BCUT2D eigenvalue weighted by Crippen LogP contribution is 2.10. The molecule has 0 saturated heterocycles. The van der Waals surface area contributed by atoms with E-state index < -0.39 is 17.7 Å². The average molecular weight is 267 g/mol. The molecule has 3 nitrogen and oxygen atoms in total. The molecule has 109 valence electrons. The zero-order chi connectivity index (χ0) is 14.5. The van der Waals surface area contributed by atoms with Crippen LogP contribution in [0, 0.1) is 12.8 Å². The predicted octanol–water partition coefficient (Wildman–Crippen LogP) is 4.18. The van der Waals surface area contributed by atoms with Crippen molar-refractivity contribution in [3.8, 4) is 0 Å². The Morgan fingerprint density at radius 3 is 2.11 bits per heavy atom. The molecule has 3 heteroatoms. The summed E-state index contributed by atoms with van der Waals surface area (Å²) in [6.07, 6.45) is 14.5. The third-order valence-electron chi connectivity index (χ3n) is 3.14. The minimum atomic E-state index is -1.41. The SMILES string of the molecule is [CH2]C(C=CCCCCCCCCCC)C(=O)C(=O)O. The molecule has 0 spiro atoms. The van der Waals surface area contributed by atoms with Gasteiger partial charge in [0.25, 0.3) is 0 Å². The Labute approximate surface area is 117 Å². The normalized spacial score (nSPS) is 12.7. The van der Waals surface area contributed by atoms with E-state index in [2.05, 4.69) is 13.8 Å². The van der Waals surface area contributed by atoms with Gasteiger partial charge in [0.15, 0.2) is 0 Å². The van der Waals surface area contributed by atoms with E-state index in [1.807, 2.05) is 6.08 Å². The first kappa shape index (κ1) is 17.9. The van der Waals surface area contributed by atoms with Crippen LogP contribution in [-0.4, -0.2) is 16.9 Å². The first-order chi connectivity index (χ1) is 9.09. The summed E-state index contributed by atoms with van der Waals surface area (Å²) >= 11 is 0. The van der Waals surface area contributed by atoms with Crippen molar-refractivity contribution in [2.24, 2.45) is 5.92 Å². The second-order valence-electron chi connectivity index (χ2n) is 4.97. The van der Waals surface area contributed by atoms with Crippen LogP contribution in [0.4, 0.5) is 0 Å². The van der Waals surface area contributed by atoms with Gasteiger partial charge in [-0.15, -0.1) is 0 Å². The number of carbonyl (C=O) groups is 2. The minimum absolute atomic E-state index is 0.758. The molecule has 0 bridgehead atoms. The van der Waals surface area contributed by atoms with Gasteiger partial charge in [-0.3, -0.25) is 4.79 Å². The van der Waals surface area contributed by atoms with E-state index in [0.717, 1.165) is 12.8 Å². The highest BCUT2D eigenvalue weighted by molar-refractivity contribution is 6.34. The summed E-state index contributed by atoms with van der Waals surface area (Å²) in [5.74, 6) is -3.00. The summed E-state index contributed by atoms with van der Waals surface area (Å²) in [5, 5.41) is 8.49. The third-order valence-corrected chi connectivity index (χ3v) is 3.14. The molecule has 0 saturated carbocycles. The van der Waals surface area contributed by atoms with Crippen molar-refractivity contribution in [1.29, 1.82) is 0 Å². The van der Waals surface area contributed by atoms with Gasteiger partial charge in [-0.05, 0) is 19.8 Å². The standard InChI is InChI=1S/C16H27O3/c1-3-4-5-6-7-8-9-10-11-12-13-14(2)15(17)16(18)19/h12-14H,2-11H2,1H3,(H,18,19). The lowest BCUT2D eigenvalue weighted by Gasteiger charge is -2.01. The number of hydrogen-bond acceptors (Lipinski definition) is 2. The molecule has 0 aromatic heterocycles. The smallest absolute Gasteiger partial charge is 0.372 e. The zero-order valence-electron chi connectivity index (χ0n) is 12.1. The maximum absolute atomic E-state index is 11.0. The van der Waals surface area contributed by atoms with Gasteiger partial charge in [0.1, 0.15) is 0 Å². The van der Waals surface area contributed by atoms with Crippen molar-refractivity contribution in [1.82, 2.24) is 0 Å². The zero-order valence-corrected chi connectivity index (χ0v) is 12.1. The van der Waals surface area contributed by atoms with E-state index in [1.54, 1.807) is 6.08 Å². The summed E-state index contributed by atoms with van der Waals surface area (Å²) in [6.45, 7) is 5.74. The Hall–Kier alpha value is -1.12. The largest absolute Gasteiger partial charge is 0.475 e. The van der Waals surface area contributed by atoms with E-state index in [-0.39, 0.29) is 0 Å². The van der Waals surface area contributed by atoms with Crippen LogP contribution in [-0.2, 0) is 9.59 Å². The highest BCUT2D eigenvalue weighted by Gasteiger charge is 2.17. The Balaban J connectivity index is 3.43. The molecular weight excluding hydrogens is 240 g/mol. The topological polar surface area (TPSA) is 54.4 Å². The molecule has 0 aliphatic carbocycles. The number of carboxylic acids is 1. The van der Waals surface area contributed by atoms with E-state index in [0.29, 0.717) is 0 Å². The summed E-state index contributed by atoms with van der Waals surface area (Å²) < 4.78 is 0. The maximum Gasteiger partial charge on any atom is 0.372 e. The molecule has 19 heavy (non-hydrogen) atoms. The fourth-order valence-corrected chi connectivity index (χ4v) is 1.90. The number of ketones is 1. The molecule has 1 unspecified atom stereocenters. The number of Topliss-reactive ketones (excluding diaryl/α,β-unsaturated/α-hetero) is 1. The van der Waals surface area contributed by atoms with Gasteiger partial charge in [0.05, 0.1) is 0 Å². The van der Waals surface area contributed by atoms with Crippen molar-refractivity contribution < 1.29 is 14.7 Å². The van der Waals surface area contributed by atoms with Gasteiger partial charge in [0, 0.05) is 5.92 Å². The first-order valence-electron chi connectivity index (χ1n) is 7.36. The summed E-state index contributed by atoms with van der Waals surface area (Å²) in [7, 11) is 0. The lowest BCUT2D eigenvalue weighted by Crippen LogP contribution is -2.19. The number of aliphatic carboxylic acids is 1. The number of carbonyl (C=O) groups excluding carboxylic acids is 1. The van der Waals surface area contributed by atoms with Crippen molar-refractivity contribution in [2.45, 2.75) is 64.7 Å². The lowest BCUT2D eigenvalue weighted by atomic mass is 10.0. The van der Waals surface area contributed by atoms with Crippen LogP contribution >= 0.6 is 0 Å². The fraction of sp³-hybridized carbons (Fsp3) is 0.688. The molecule has 0 aliphatic heterocycles. The van der Waals surface area contributed by atoms with E-state index in [1.165, 1.54) is 44.9 Å². The van der Waals surface area contributed by atoms with Crippen LogP contribution in [0.1, 0.15) is 64.7 Å². The molecule has 1 radical (unpaired) electrons. The number of rotatable bonds is 12. The number of hydrogen-bond donors (Lipinski definition) is 1. The van der Waals surface area contributed by atoms with Crippen molar-refractivity contribution in [2.75, 3.05) is 0 Å². The van der Waals surface area contributed by atoms with Crippen molar-refractivity contribution in [3.63, 3.8) is 0 Å². The van der Waals surface area contributed by atoms with Gasteiger partial charge in [-0.25, -0.2) is 4.79 Å². The number of carboxylic acid groups (broad SMARTS) is 1. The van der Waals surface area contributed by atoms with Gasteiger partial charge in [0.2, 0.25) is 5.78 Å². The van der Waals surface area contributed by atoms with Gasteiger partial charge in [-0.1, -0.05) is 64.0 Å². The van der Waals surface area contributed by atoms with Crippen molar-refractivity contribution in [3.05, 3.63) is 19.1 Å². The molecule has 0 aliphatic rings. The van der Waals surface area contributed by atoms with Crippen LogP contribution < -0.4 is 0 Å². The highest BCUT2D eigenvalue weighted by atomic mass is 16.4. The quantitative estimate of drug-likeness (QED) is 0.328. The van der Waals surface area contributed by atoms with E-state index >= 15 is 0 Å². The van der Waals surface area contributed by atoms with Crippen LogP contribution in [0.5, 0.6) is 0 Å². The Morgan fingerprint density at radius 1 is 1.05 bits per heavy atom. The molecule has 0 heterocycles. The van der Waals surface area contributed by atoms with Crippen LogP contribution in [0.2, 0.25) is 0 Å². The molecule has 0 rings (SSSR count). The van der Waals surface area contributed by atoms with Gasteiger partial charge >= 0.3 is 5.97 Å². The minimum Gasteiger partial charge on any atom is -0.475 e. The van der Waals surface area contributed by atoms with Crippen LogP contribution in [0.3, 0.4) is 0 Å². The molecule has 0 aromatic rings. The second-order valence-corrected chi connectivity index (χ2v) is 4.97. The lowest BCUT2D eigenvalue weighted by molar-refractivity contribution is -0.149. The monoisotopic (exact) mass is 267 g/mol. The fourth-order valence-electron chi connectivity index (χ4n) is 1.90. The van der Waals surface area contributed by atoms with Gasteiger partial charge < -0.3 is 5.11 Å². The summed E-state index contributed by atoms with van der Waals surface area (Å²) in [5.41, 5.74) is 0. The Morgan fingerprint density at radius 2 is 1.58 bits per heavy atom. The second kappa shape index (κ2) is 11.9. The third kappa shape index (κ3) is 10.5. The van der Waals surface area contributed by atoms with E-state index in [4.69, 9.17) is 5.11 Å². The predicted molar refractivity (Wildman–Crippen MR) is 77.9 cm³/mol. The Kier molecular flexibility index (Phi) is 11.2. The number of allylic oxidation sites excluding steroid dienone is 2. The first-order valence-corrected chi connectivity index (χ1v) is 7.36. The van der Waals surface area contributed by atoms with Crippen LogP contribution in [0.15, 0.2) is 12.2 Å². The number of unbranched alkanes of at least 4 members (excludes halogenated alkanes) is 8. The molecular formula is C16H27O3. The molecule has 0 aromatic carbocycles. The Bertz CT molecular complexity index is 282. The molecule has 0 amide bonds.